The summed E-state index contributed by atoms with van der Waals surface area (Å²) >= 11 is 0. The lowest BCUT2D eigenvalue weighted by Crippen LogP contribution is -2.28. The summed E-state index contributed by atoms with van der Waals surface area (Å²) < 4.78 is 2.36. The van der Waals surface area contributed by atoms with Crippen LogP contribution in [0.1, 0.15) is 83.2 Å². The van der Waals surface area contributed by atoms with E-state index in [1.807, 2.05) is 6.20 Å². The van der Waals surface area contributed by atoms with Crippen LogP contribution in [0.3, 0.4) is 0 Å². The van der Waals surface area contributed by atoms with Crippen LogP contribution in [0.15, 0.2) is 36.7 Å². The fraction of sp³-hybridized carbons (Fsp3) is 0.586. The molecule has 0 bridgehead atoms. The molecule has 3 heterocycles. The van der Waals surface area contributed by atoms with Crippen molar-refractivity contribution in [3.8, 4) is 11.1 Å². The number of hydrogen-bond acceptors (Lipinski definition) is 5. The molecule has 1 aromatic carbocycles. The van der Waals surface area contributed by atoms with Gasteiger partial charge in [0.2, 0.25) is 5.95 Å². The zero-order valence-corrected chi connectivity index (χ0v) is 21.4. The molecule has 6 nitrogen and oxygen atoms in total. The minimum atomic E-state index is -0.165. The molecule has 1 aliphatic carbocycles. The van der Waals surface area contributed by atoms with Gasteiger partial charge in [-0.05, 0) is 76.1 Å². The van der Waals surface area contributed by atoms with Crippen LogP contribution in [0.2, 0.25) is 0 Å². The number of nitrogens with zero attached hydrogens (tertiary/aromatic N) is 4. The Kier molecular flexibility index (Phi) is 7.69. The monoisotopic (exact) mass is 475 g/mol. The van der Waals surface area contributed by atoms with Gasteiger partial charge in [0.25, 0.3) is 0 Å². The van der Waals surface area contributed by atoms with Gasteiger partial charge in [-0.25, -0.2) is 4.98 Å². The normalized spacial score (nSPS) is 22.4. The average Bonchev–Trinajstić information content (AvgIpc) is 3.24. The number of nitrogens with one attached hydrogen (secondary N) is 1. The highest BCUT2D eigenvalue weighted by Crippen LogP contribution is 2.37. The second kappa shape index (κ2) is 11.1. The molecule has 188 valence electrons. The number of fused-ring (bicyclic) bond motifs is 1. The molecule has 2 fully saturated rings. The third kappa shape index (κ3) is 5.70. The molecule has 0 amide bonds. The summed E-state index contributed by atoms with van der Waals surface area (Å²) in [6, 6.07) is 9.80. The van der Waals surface area contributed by atoms with Crippen molar-refractivity contribution in [2.75, 3.05) is 18.4 Å². The molecule has 3 aromatic rings. The van der Waals surface area contributed by atoms with Crippen molar-refractivity contribution in [2.24, 2.45) is 0 Å². The molecule has 0 radical (unpaired) electrons. The first-order valence-electron chi connectivity index (χ1n) is 13.7. The lowest BCUT2D eigenvalue weighted by atomic mass is 9.93. The van der Waals surface area contributed by atoms with Gasteiger partial charge in [0.05, 0.1) is 6.10 Å². The third-order valence-electron chi connectivity index (χ3n) is 7.85. The number of benzene rings is 1. The molecular weight excluding hydrogens is 434 g/mol. The van der Waals surface area contributed by atoms with Crippen LogP contribution in [0.4, 0.5) is 5.95 Å². The maximum Gasteiger partial charge on any atom is 0.224 e. The van der Waals surface area contributed by atoms with Gasteiger partial charge in [-0.2, -0.15) is 4.98 Å². The van der Waals surface area contributed by atoms with Crippen molar-refractivity contribution < 1.29 is 5.11 Å². The predicted octanol–water partition coefficient (Wildman–Crippen LogP) is 6.16. The number of anilines is 1. The second-order valence-corrected chi connectivity index (χ2v) is 10.7. The molecule has 1 saturated carbocycles. The van der Waals surface area contributed by atoms with Gasteiger partial charge in [-0.15, -0.1) is 0 Å². The van der Waals surface area contributed by atoms with E-state index in [9.17, 15) is 5.11 Å². The lowest BCUT2D eigenvalue weighted by molar-refractivity contribution is 0.111. The Morgan fingerprint density at radius 1 is 1.06 bits per heavy atom. The molecule has 2 N–H and O–H groups in total. The minimum absolute atomic E-state index is 0.165. The molecule has 1 saturated heterocycles. The fourth-order valence-corrected chi connectivity index (χ4v) is 5.83. The minimum Gasteiger partial charge on any atom is -0.393 e. The van der Waals surface area contributed by atoms with Gasteiger partial charge in [0, 0.05) is 42.0 Å². The summed E-state index contributed by atoms with van der Waals surface area (Å²) in [7, 11) is 0. The molecule has 5 rings (SSSR count). The largest absolute Gasteiger partial charge is 0.393 e. The molecule has 0 spiro atoms. The van der Waals surface area contributed by atoms with E-state index in [0.29, 0.717) is 18.0 Å². The first-order valence-corrected chi connectivity index (χ1v) is 13.7. The number of aromatic nitrogens is 3. The van der Waals surface area contributed by atoms with Crippen molar-refractivity contribution in [3.05, 3.63) is 42.2 Å². The van der Waals surface area contributed by atoms with E-state index in [4.69, 9.17) is 9.97 Å². The topological polar surface area (TPSA) is 66.2 Å². The Bertz CT molecular complexity index is 1090. The highest BCUT2D eigenvalue weighted by Gasteiger charge is 2.24. The van der Waals surface area contributed by atoms with E-state index in [2.05, 4.69) is 59.1 Å². The SMILES string of the molecule is CCC[C@@H](C)Nc1ncc2c(-c3ccc(CN4CCCCC4)cc3)cn([C@H]3CC[C@H](O)CC3)c2n1. The molecule has 2 aliphatic rings. The number of hydrogen-bond donors (Lipinski definition) is 2. The standard InChI is InChI=1S/C29H41N5O/c1-3-7-21(2)31-29-30-18-26-27(20-34(28(26)32-29)24-12-14-25(35)15-13-24)23-10-8-22(9-11-23)19-33-16-5-4-6-17-33/h8-11,18,20-21,24-25,35H,3-7,12-17,19H2,1-2H3,(H,30,31,32)/t21-,24-,25-/m1/s1. The van der Waals surface area contributed by atoms with Gasteiger partial charge in [-0.1, -0.05) is 44.0 Å². The maximum atomic E-state index is 10.1. The van der Waals surface area contributed by atoms with Crippen LogP contribution in [0.5, 0.6) is 0 Å². The highest BCUT2D eigenvalue weighted by atomic mass is 16.3. The number of aliphatic hydroxyl groups excluding tert-OH is 1. The van der Waals surface area contributed by atoms with Gasteiger partial charge < -0.3 is 15.0 Å². The number of likely N-dealkylation sites (tertiary alicyclic amines) is 1. The van der Waals surface area contributed by atoms with E-state index < -0.39 is 0 Å². The Balaban J connectivity index is 1.45. The number of aliphatic hydroxyl groups is 1. The molecule has 1 aliphatic heterocycles. The number of rotatable bonds is 8. The molecule has 0 unspecified atom stereocenters. The summed E-state index contributed by atoms with van der Waals surface area (Å²) in [5.74, 6) is 0.706. The van der Waals surface area contributed by atoms with E-state index >= 15 is 0 Å². The summed E-state index contributed by atoms with van der Waals surface area (Å²) in [5, 5.41) is 14.7. The quantitative estimate of drug-likeness (QED) is 0.408. The first-order chi connectivity index (χ1) is 17.1. The van der Waals surface area contributed by atoms with E-state index in [1.165, 1.54) is 49.0 Å². The summed E-state index contributed by atoms with van der Waals surface area (Å²) in [6.45, 7) is 7.87. The molecule has 35 heavy (non-hydrogen) atoms. The van der Waals surface area contributed by atoms with Crippen LogP contribution in [0, 0.1) is 0 Å². The third-order valence-corrected chi connectivity index (χ3v) is 7.85. The van der Waals surface area contributed by atoms with E-state index in [-0.39, 0.29) is 6.10 Å². The average molecular weight is 476 g/mol. The Morgan fingerprint density at radius 2 is 1.80 bits per heavy atom. The van der Waals surface area contributed by atoms with Crippen LogP contribution in [-0.4, -0.2) is 49.8 Å². The number of piperidine rings is 1. The van der Waals surface area contributed by atoms with E-state index in [0.717, 1.165) is 56.1 Å². The molecule has 6 heteroatoms. The predicted molar refractivity (Wildman–Crippen MR) is 144 cm³/mol. The summed E-state index contributed by atoms with van der Waals surface area (Å²) in [6.07, 6.45) is 14.0. The zero-order chi connectivity index (χ0) is 24.2. The summed E-state index contributed by atoms with van der Waals surface area (Å²) in [5.41, 5.74) is 4.80. The smallest absolute Gasteiger partial charge is 0.224 e. The van der Waals surface area contributed by atoms with Crippen molar-refractivity contribution in [3.63, 3.8) is 0 Å². The van der Waals surface area contributed by atoms with Gasteiger partial charge in [-0.3, -0.25) is 4.90 Å². The van der Waals surface area contributed by atoms with Crippen molar-refractivity contribution in [2.45, 2.75) is 96.4 Å². The fourth-order valence-electron chi connectivity index (χ4n) is 5.83. The summed E-state index contributed by atoms with van der Waals surface area (Å²) in [4.78, 5) is 12.3. The lowest BCUT2D eigenvalue weighted by Gasteiger charge is -2.27. The van der Waals surface area contributed by atoms with E-state index in [1.54, 1.807) is 0 Å². The van der Waals surface area contributed by atoms with Crippen LogP contribution in [0.25, 0.3) is 22.2 Å². The Labute approximate surface area is 209 Å². The highest BCUT2D eigenvalue weighted by molar-refractivity contribution is 5.94. The Hall–Kier alpha value is -2.44. The van der Waals surface area contributed by atoms with Crippen LogP contribution >= 0.6 is 0 Å². The van der Waals surface area contributed by atoms with Gasteiger partial charge in [0.15, 0.2) is 0 Å². The van der Waals surface area contributed by atoms with Gasteiger partial charge >= 0.3 is 0 Å². The second-order valence-electron chi connectivity index (χ2n) is 10.7. The van der Waals surface area contributed by atoms with Crippen LogP contribution < -0.4 is 5.32 Å². The molecule has 1 atom stereocenters. The maximum absolute atomic E-state index is 10.1. The molecule has 2 aromatic heterocycles. The van der Waals surface area contributed by atoms with Crippen molar-refractivity contribution in [1.29, 1.82) is 0 Å². The molecular formula is C29H41N5O. The van der Waals surface area contributed by atoms with Crippen molar-refractivity contribution in [1.82, 2.24) is 19.4 Å². The zero-order valence-electron chi connectivity index (χ0n) is 21.4. The van der Waals surface area contributed by atoms with Crippen molar-refractivity contribution >= 4 is 17.0 Å². The van der Waals surface area contributed by atoms with Crippen LogP contribution in [-0.2, 0) is 6.54 Å². The van der Waals surface area contributed by atoms with Gasteiger partial charge in [0.1, 0.15) is 5.65 Å². The first kappa shape index (κ1) is 24.3. The Morgan fingerprint density at radius 3 is 2.51 bits per heavy atom.